The standard InChI is InChI=1S/C27H43NO5S/c1-17(2)34-16-22(28)14-20(5)23-13-12-18(3)10-9-11-19(4)25(30)21(6)26(31)27(7,8)32-15-24(29)33-23/h12,14,16,19,21,23,25,30H,1,9-11,13,15,28H2,2-8H3/b18-12-,20-14+,22-16-. The summed E-state index contributed by atoms with van der Waals surface area (Å²) in [5, 5.41) is 12.5. The molecule has 1 rings (SSSR count). The number of nitrogens with two attached hydrogens (primary N) is 1. The number of carbonyl (C=O) groups excluding carboxylic acids is 2. The molecule has 0 aromatic carbocycles. The molecule has 1 aliphatic rings. The molecule has 192 valence electrons. The van der Waals surface area contributed by atoms with E-state index < -0.39 is 29.7 Å². The topological polar surface area (TPSA) is 98.9 Å². The summed E-state index contributed by atoms with van der Waals surface area (Å²) in [5.74, 6) is -1.42. The summed E-state index contributed by atoms with van der Waals surface area (Å²) in [7, 11) is 0. The molecule has 0 saturated carbocycles. The number of cyclic esters (lactones) is 1. The van der Waals surface area contributed by atoms with Crippen LogP contribution in [0.25, 0.3) is 0 Å². The molecule has 6 nitrogen and oxygen atoms in total. The highest BCUT2D eigenvalue weighted by atomic mass is 32.2. The molecule has 0 aromatic rings. The van der Waals surface area contributed by atoms with Crippen molar-refractivity contribution >= 4 is 23.5 Å². The highest BCUT2D eigenvalue weighted by Gasteiger charge is 2.38. The molecule has 0 bridgehead atoms. The van der Waals surface area contributed by atoms with Gasteiger partial charge in [-0.3, -0.25) is 4.79 Å². The van der Waals surface area contributed by atoms with Crippen LogP contribution in [0.3, 0.4) is 0 Å². The van der Waals surface area contributed by atoms with Crippen LogP contribution in [0.4, 0.5) is 0 Å². The minimum Gasteiger partial charge on any atom is -0.456 e. The van der Waals surface area contributed by atoms with Gasteiger partial charge in [0.05, 0.1) is 6.10 Å². The number of rotatable bonds is 4. The first-order chi connectivity index (χ1) is 15.7. The van der Waals surface area contributed by atoms with E-state index in [-0.39, 0.29) is 18.3 Å². The Kier molecular flexibility index (Phi) is 12.4. The molecule has 0 spiro atoms. The number of ether oxygens (including phenoxy) is 2. The van der Waals surface area contributed by atoms with Crippen molar-refractivity contribution in [1.29, 1.82) is 0 Å². The summed E-state index contributed by atoms with van der Waals surface area (Å²) >= 11 is 1.44. The van der Waals surface area contributed by atoms with Gasteiger partial charge in [0.2, 0.25) is 0 Å². The number of aliphatic hydroxyl groups excluding tert-OH is 1. The quantitative estimate of drug-likeness (QED) is 0.306. The first kappa shape index (κ1) is 30.2. The lowest BCUT2D eigenvalue weighted by Crippen LogP contribution is -2.45. The van der Waals surface area contributed by atoms with E-state index >= 15 is 0 Å². The number of ketones is 1. The average Bonchev–Trinajstić information content (AvgIpc) is 2.76. The molecule has 0 aromatic heterocycles. The fourth-order valence-electron chi connectivity index (χ4n) is 3.87. The third-order valence-corrected chi connectivity index (χ3v) is 6.93. The summed E-state index contributed by atoms with van der Waals surface area (Å²) in [5.41, 5.74) is 7.44. The van der Waals surface area contributed by atoms with Crippen LogP contribution in [0, 0.1) is 11.8 Å². The normalized spacial score (nSPS) is 30.3. The minimum absolute atomic E-state index is 0.0230. The monoisotopic (exact) mass is 493 g/mol. The van der Waals surface area contributed by atoms with E-state index in [1.165, 1.54) is 17.3 Å². The second-order valence-corrected chi connectivity index (χ2v) is 11.1. The predicted octanol–water partition coefficient (Wildman–Crippen LogP) is 5.43. The van der Waals surface area contributed by atoms with E-state index in [0.29, 0.717) is 12.1 Å². The highest BCUT2D eigenvalue weighted by Crippen LogP contribution is 2.26. The van der Waals surface area contributed by atoms with E-state index in [1.54, 1.807) is 32.3 Å². The smallest absolute Gasteiger partial charge is 0.332 e. The van der Waals surface area contributed by atoms with Gasteiger partial charge >= 0.3 is 5.97 Å². The molecular weight excluding hydrogens is 450 g/mol. The van der Waals surface area contributed by atoms with E-state index in [9.17, 15) is 14.7 Å². The number of esters is 1. The first-order valence-corrected chi connectivity index (χ1v) is 12.8. The van der Waals surface area contributed by atoms with Gasteiger partial charge in [-0.1, -0.05) is 32.1 Å². The lowest BCUT2D eigenvalue weighted by molar-refractivity contribution is -0.164. The third kappa shape index (κ3) is 10.2. The number of thioether (sulfide) groups is 1. The number of Topliss-reactive ketones (excluding diaryl/α,β-unsaturated/α-hetero) is 1. The molecule has 7 heteroatoms. The van der Waals surface area contributed by atoms with Crippen LogP contribution >= 0.6 is 11.8 Å². The summed E-state index contributed by atoms with van der Waals surface area (Å²) in [6.45, 7) is 16.2. The minimum atomic E-state index is -1.22. The molecule has 3 N–H and O–H groups in total. The zero-order valence-electron chi connectivity index (χ0n) is 21.8. The molecule has 4 atom stereocenters. The van der Waals surface area contributed by atoms with Gasteiger partial charge in [-0.25, -0.2) is 4.79 Å². The Hall–Kier alpha value is -1.83. The van der Waals surface area contributed by atoms with Crippen LogP contribution in [0.15, 0.2) is 45.9 Å². The molecule has 34 heavy (non-hydrogen) atoms. The average molecular weight is 494 g/mol. The third-order valence-electron chi connectivity index (χ3n) is 6.14. The number of carbonyl (C=O) groups is 2. The molecule has 0 amide bonds. The van der Waals surface area contributed by atoms with Crippen LogP contribution in [-0.2, 0) is 19.1 Å². The second-order valence-electron chi connectivity index (χ2n) is 9.90. The van der Waals surface area contributed by atoms with Gasteiger partial charge in [0.15, 0.2) is 5.78 Å². The van der Waals surface area contributed by atoms with E-state index in [1.807, 2.05) is 20.8 Å². The van der Waals surface area contributed by atoms with Crippen molar-refractivity contribution in [2.45, 2.75) is 92.0 Å². The van der Waals surface area contributed by atoms with Crippen LogP contribution in [0.2, 0.25) is 0 Å². The maximum absolute atomic E-state index is 13.0. The lowest BCUT2D eigenvalue weighted by Gasteiger charge is -2.31. The van der Waals surface area contributed by atoms with E-state index in [0.717, 1.165) is 29.7 Å². The highest BCUT2D eigenvalue weighted by molar-refractivity contribution is 8.05. The van der Waals surface area contributed by atoms with Crippen molar-refractivity contribution in [2.75, 3.05) is 6.61 Å². The molecule has 4 unspecified atom stereocenters. The number of hydrogen-bond donors (Lipinski definition) is 2. The van der Waals surface area contributed by atoms with Gasteiger partial charge in [-0.05, 0) is 81.8 Å². The Morgan fingerprint density at radius 1 is 1.29 bits per heavy atom. The molecular formula is C27H43NO5S. The van der Waals surface area contributed by atoms with E-state index in [2.05, 4.69) is 19.6 Å². The molecule has 0 fully saturated rings. The van der Waals surface area contributed by atoms with E-state index in [4.69, 9.17) is 15.2 Å². The Bertz CT molecular complexity index is 827. The Morgan fingerprint density at radius 3 is 2.56 bits per heavy atom. The Labute approximate surface area is 209 Å². The van der Waals surface area contributed by atoms with Gasteiger partial charge in [-0.15, -0.1) is 11.8 Å². The molecule has 0 saturated heterocycles. The summed E-state index contributed by atoms with van der Waals surface area (Å²) in [6.07, 6.45) is 5.71. The first-order valence-electron chi connectivity index (χ1n) is 11.9. The van der Waals surface area contributed by atoms with Crippen LogP contribution < -0.4 is 5.73 Å². The molecule has 0 radical (unpaired) electrons. The maximum Gasteiger partial charge on any atom is 0.332 e. The summed E-state index contributed by atoms with van der Waals surface area (Å²) < 4.78 is 11.4. The van der Waals surface area contributed by atoms with Crippen LogP contribution in [0.5, 0.6) is 0 Å². The SMILES string of the molecule is C=C(C)S/C=C(N)/C=C(\C)C1C/C=C(/C)CCCC(C)C(O)C(C)C(=O)C(C)(C)OCC(=O)O1. The van der Waals surface area contributed by atoms with Crippen molar-refractivity contribution in [3.63, 3.8) is 0 Å². The van der Waals surface area contributed by atoms with Gasteiger partial charge in [0, 0.05) is 18.0 Å². The van der Waals surface area contributed by atoms with Crippen molar-refractivity contribution in [3.8, 4) is 0 Å². The zero-order valence-corrected chi connectivity index (χ0v) is 22.7. The largest absolute Gasteiger partial charge is 0.456 e. The van der Waals surface area contributed by atoms with Crippen LogP contribution in [0.1, 0.15) is 74.1 Å². The van der Waals surface area contributed by atoms with Gasteiger partial charge < -0.3 is 20.3 Å². The predicted molar refractivity (Wildman–Crippen MR) is 140 cm³/mol. The van der Waals surface area contributed by atoms with Gasteiger partial charge in [0.25, 0.3) is 0 Å². The van der Waals surface area contributed by atoms with Crippen molar-refractivity contribution in [2.24, 2.45) is 17.6 Å². The number of hydrogen-bond acceptors (Lipinski definition) is 7. The zero-order chi connectivity index (χ0) is 26.1. The fourth-order valence-corrected chi connectivity index (χ4v) is 4.27. The second kappa shape index (κ2) is 13.9. The summed E-state index contributed by atoms with van der Waals surface area (Å²) in [4.78, 5) is 26.6. The Balaban J connectivity index is 3.17. The van der Waals surface area contributed by atoms with Crippen molar-refractivity contribution in [1.82, 2.24) is 0 Å². The van der Waals surface area contributed by atoms with Crippen molar-refractivity contribution < 1.29 is 24.2 Å². The number of aliphatic hydroxyl groups is 1. The van der Waals surface area contributed by atoms with Gasteiger partial charge in [0.1, 0.15) is 18.3 Å². The van der Waals surface area contributed by atoms with Crippen molar-refractivity contribution in [3.05, 3.63) is 45.9 Å². The Morgan fingerprint density at radius 2 is 1.94 bits per heavy atom. The van der Waals surface area contributed by atoms with Gasteiger partial charge in [-0.2, -0.15) is 0 Å². The number of allylic oxidation sites excluding steroid dienone is 3. The van der Waals surface area contributed by atoms with Crippen LogP contribution in [-0.4, -0.2) is 41.3 Å². The maximum atomic E-state index is 13.0. The molecule has 1 heterocycles. The summed E-state index contributed by atoms with van der Waals surface area (Å²) in [6, 6.07) is 0. The molecule has 0 aliphatic carbocycles. The lowest BCUT2D eigenvalue weighted by atomic mass is 9.82. The fraction of sp³-hybridized carbons (Fsp3) is 0.630. The molecule has 1 aliphatic heterocycles.